The van der Waals surface area contributed by atoms with Crippen LogP contribution in [0.5, 0.6) is 0 Å². The summed E-state index contributed by atoms with van der Waals surface area (Å²) >= 11 is 0. The Kier molecular flexibility index (Phi) is 6.70. The number of nitrogens with zero attached hydrogens (tertiary/aromatic N) is 2. The molecule has 6 nitrogen and oxygen atoms in total. The number of benzene rings is 1. The van der Waals surface area contributed by atoms with Gasteiger partial charge in [0.2, 0.25) is 5.91 Å². The van der Waals surface area contributed by atoms with E-state index in [1.165, 1.54) is 17.6 Å². The predicted octanol–water partition coefficient (Wildman–Crippen LogP) is 3.37. The molecule has 1 aromatic heterocycles. The van der Waals surface area contributed by atoms with Gasteiger partial charge in [-0.2, -0.15) is 0 Å². The zero-order chi connectivity index (χ0) is 19.8. The number of pyridine rings is 1. The number of piperidine rings is 1. The van der Waals surface area contributed by atoms with Crippen LogP contribution >= 0.6 is 0 Å². The van der Waals surface area contributed by atoms with Crippen molar-refractivity contribution < 1.29 is 14.8 Å². The summed E-state index contributed by atoms with van der Waals surface area (Å²) in [6.45, 7) is 0.745. The zero-order valence-corrected chi connectivity index (χ0v) is 15.5. The van der Waals surface area contributed by atoms with Crippen molar-refractivity contribution in [3.05, 3.63) is 77.6 Å². The number of hydrogen-bond acceptors (Lipinski definition) is 4. The summed E-state index contributed by atoms with van der Waals surface area (Å²) in [5.74, 6) is -0.661. The van der Waals surface area contributed by atoms with Gasteiger partial charge < -0.3 is 4.90 Å². The quantitative estimate of drug-likeness (QED) is 0.475. The first-order valence-corrected chi connectivity index (χ1v) is 9.30. The van der Waals surface area contributed by atoms with Gasteiger partial charge in [-0.25, -0.2) is 10.5 Å². The number of likely N-dealkylation sites (tertiary alicyclic amines) is 1. The van der Waals surface area contributed by atoms with Gasteiger partial charge >= 0.3 is 0 Å². The number of hydrogen-bond donors (Lipinski definition) is 2. The molecule has 6 heteroatoms. The molecular weight excluding hydrogens is 354 g/mol. The summed E-state index contributed by atoms with van der Waals surface area (Å²) in [5, 5.41) is 8.52. The Morgan fingerprint density at radius 1 is 1.00 bits per heavy atom. The third kappa shape index (κ3) is 5.14. The van der Waals surface area contributed by atoms with Crippen LogP contribution < -0.4 is 5.48 Å². The normalized spacial score (nSPS) is 17.2. The fourth-order valence-corrected chi connectivity index (χ4v) is 3.32. The Balaban J connectivity index is 1.72. The van der Waals surface area contributed by atoms with Crippen molar-refractivity contribution in [3.63, 3.8) is 0 Å². The smallest absolute Gasteiger partial charge is 0.267 e. The van der Waals surface area contributed by atoms with Crippen LogP contribution in [0.1, 0.15) is 42.3 Å². The summed E-state index contributed by atoms with van der Waals surface area (Å²) in [7, 11) is 0. The predicted molar refractivity (Wildman–Crippen MR) is 107 cm³/mol. The monoisotopic (exact) mass is 377 g/mol. The Morgan fingerprint density at radius 3 is 2.43 bits per heavy atom. The first-order valence-electron chi connectivity index (χ1n) is 9.30. The van der Waals surface area contributed by atoms with Crippen LogP contribution in [-0.2, 0) is 9.59 Å². The van der Waals surface area contributed by atoms with Crippen LogP contribution in [0.2, 0.25) is 0 Å². The van der Waals surface area contributed by atoms with E-state index in [0.29, 0.717) is 11.4 Å². The molecule has 1 aliphatic heterocycles. The van der Waals surface area contributed by atoms with E-state index in [0.717, 1.165) is 31.4 Å². The second kappa shape index (κ2) is 9.62. The second-order valence-electron chi connectivity index (χ2n) is 6.58. The molecule has 1 aliphatic rings. The topological polar surface area (TPSA) is 82.5 Å². The Hall–Kier alpha value is -3.25. The van der Waals surface area contributed by atoms with Gasteiger partial charge in [-0.15, -0.1) is 0 Å². The van der Waals surface area contributed by atoms with Gasteiger partial charge in [0.1, 0.15) is 0 Å². The van der Waals surface area contributed by atoms with E-state index in [4.69, 9.17) is 5.21 Å². The van der Waals surface area contributed by atoms with Crippen LogP contribution in [0, 0.1) is 0 Å². The van der Waals surface area contributed by atoms with Crippen LogP contribution in [-0.4, -0.2) is 33.5 Å². The highest BCUT2D eigenvalue weighted by molar-refractivity contribution is 5.92. The molecule has 28 heavy (non-hydrogen) atoms. The van der Waals surface area contributed by atoms with Crippen molar-refractivity contribution in [3.8, 4) is 0 Å². The maximum absolute atomic E-state index is 12.8. The lowest BCUT2D eigenvalue weighted by molar-refractivity contribution is -0.129. The fraction of sp³-hybridized carbons (Fsp3) is 0.227. The highest BCUT2D eigenvalue weighted by atomic mass is 16.5. The van der Waals surface area contributed by atoms with Gasteiger partial charge in [-0.1, -0.05) is 36.4 Å². The number of rotatable bonds is 5. The maximum Gasteiger partial charge on any atom is 0.267 e. The number of carbonyl (C=O) groups excluding carboxylic acids is 2. The lowest BCUT2D eigenvalue weighted by atomic mass is 9.95. The fourth-order valence-electron chi connectivity index (χ4n) is 3.32. The standard InChI is InChI=1S/C22H23N3O3/c26-21(24-28)14-12-18-9-6-10-19(23-18)13-15-22(27)25-16-5-4-11-20(25)17-7-2-1-3-8-17/h1-3,6-10,12-15,20,28H,4-5,11,16H2,(H,24,26)/b14-12+,15-13+. The first kappa shape index (κ1) is 19.5. The lowest BCUT2D eigenvalue weighted by Crippen LogP contribution is -2.37. The van der Waals surface area contributed by atoms with E-state index in [1.807, 2.05) is 23.1 Å². The van der Waals surface area contributed by atoms with Gasteiger partial charge in [0.15, 0.2) is 0 Å². The summed E-state index contributed by atoms with van der Waals surface area (Å²) in [6.07, 6.45) is 8.99. The molecule has 1 aromatic carbocycles. The first-order chi connectivity index (χ1) is 13.7. The van der Waals surface area contributed by atoms with Gasteiger partial charge in [-0.3, -0.25) is 14.8 Å². The average Bonchev–Trinajstić information content (AvgIpc) is 2.76. The molecule has 2 heterocycles. The molecule has 1 fully saturated rings. The summed E-state index contributed by atoms with van der Waals surface area (Å²) in [6, 6.07) is 15.5. The van der Waals surface area contributed by atoms with E-state index in [1.54, 1.807) is 30.4 Å². The lowest BCUT2D eigenvalue weighted by Gasteiger charge is -2.35. The van der Waals surface area contributed by atoms with Crippen molar-refractivity contribution in [2.45, 2.75) is 25.3 Å². The van der Waals surface area contributed by atoms with Gasteiger partial charge in [0.05, 0.1) is 17.4 Å². The second-order valence-corrected chi connectivity index (χ2v) is 6.58. The third-order valence-corrected chi connectivity index (χ3v) is 4.67. The van der Waals surface area contributed by atoms with Crippen LogP contribution in [0.3, 0.4) is 0 Å². The van der Waals surface area contributed by atoms with Crippen LogP contribution in [0.25, 0.3) is 12.2 Å². The highest BCUT2D eigenvalue weighted by Crippen LogP contribution is 2.30. The number of amides is 2. The molecule has 1 saturated heterocycles. The molecule has 2 N–H and O–H groups in total. The molecule has 0 spiro atoms. The van der Waals surface area contributed by atoms with Crippen molar-refractivity contribution in [1.82, 2.24) is 15.4 Å². The number of nitrogens with one attached hydrogen (secondary N) is 1. The van der Waals surface area contributed by atoms with Gasteiger partial charge in [-0.05, 0) is 49.1 Å². The maximum atomic E-state index is 12.8. The molecule has 0 radical (unpaired) electrons. The molecule has 0 bridgehead atoms. The number of aromatic nitrogens is 1. The molecule has 1 unspecified atom stereocenters. The van der Waals surface area contributed by atoms with E-state index < -0.39 is 5.91 Å². The summed E-state index contributed by atoms with van der Waals surface area (Å²) < 4.78 is 0. The SMILES string of the molecule is O=C(/C=C/c1cccc(/C=C/C(=O)N2CCCCC2c2ccccc2)n1)NO. The van der Waals surface area contributed by atoms with E-state index in [-0.39, 0.29) is 11.9 Å². The van der Waals surface area contributed by atoms with E-state index in [9.17, 15) is 9.59 Å². The Morgan fingerprint density at radius 2 is 1.71 bits per heavy atom. The third-order valence-electron chi connectivity index (χ3n) is 4.67. The molecule has 0 saturated carbocycles. The van der Waals surface area contributed by atoms with Crippen molar-refractivity contribution in [1.29, 1.82) is 0 Å². The molecule has 2 aromatic rings. The van der Waals surface area contributed by atoms with E-state index >= 15 is 0 Å². The number of hydroxylamine groups is 1. The van der Waals surface area contributed by atoms with Crippen molar-refractivity contribution >= 4 is 24.0 Å². The summed E-state index contributed by atoms with van der Waals surface area (Å²) in [4.78, 5) is 30.2. The Labute approximate surface area is 164 Å². The Bertz CT molecular complexity index is 878. The van der Waals surface area contributed by atoms with Crippen molar-refractivity contribution in [2.75, 3.05) is 6.54 Å². The largest absolute Gasteiger partial charge is 0.332 e. The zero-order valence-electron chi connectivity index (χ0n) is 15.5. The molecule has 144 valence electrons. The molecular formula is C22H23N3O3. The molecule has 2 amide bonds. The average molecular weight is 377 g/mol. The summed E-state index contributed by atoms with van der Waals surface area (Å²) in [5.41, 5.74) is 3.86. The minimum atomic E-state index is -0.630. The van der Waals surface area contributed by atoms with Gasteiger partial charge in [0, 0.05) is 18.7 Å². The van der Waals surface area contributed by atoms with Gasteiger partial charge in [0.25, 0.3) is 5.91 Å². The number of carbonyl (C=O) groups is 2. The molecule has 3 rings (SSSR count). The minimum absolute atomic E-state index is 0.0315. The molecule has 0 aliphatic carbocycles. The van der Waals surface area contributed by atoms with Crippen LogP contribution in [0.4, 0.5) is 0 Å². The van der Waals surface area contributed by atoms with E-state index in [2.05, 4.69) is 17.1 Å². The molecule has 1 atom stereocenters. The van der Waals surface area contributed by atoms with Crippen molar-refractivity contribution in [2.24, 2.45) is 0 Å². The van der Waals surface area contributed by atoms with Crippen LogP contribution in [0.15, 0.2) is 60.7 Å². The minimum Gasteiger partial charge on any atom is -0.332 e. The highest BCUT2D eigenvalue weighted by Gasteiger charge is 2.26.